The summed E-state index contributed by atoms with van der Waals surface area (Å²) in [6.07, 6.45) is 8.08. The van der Waals surface area contributed by atoms with Crippen molar-refractivity contribution in [3.63, 3.8) is 0 Å². The highest BCUT2D eigenvalue weighted by molar-refractivity contribution is 5.76. The fourth-order valence-electron chi connectivity index (χ4n) is 3.76. The number of piperazine rings is 1. The quantitative estimate of drug-likeness (QED) is 0.905. The number of β-amino-alcohol motifs (C(OH)–C–C–N with tert-alkyl or cyclic N) is 1. The molecule has 0 aromatic carbocycles. The number of furan rings is 1. The molecular weight excluding hydrogens is 292 g/mol. The van der Waals surface area contributed by atoms with Gasteiger partial charge in [0.2, 0.25) is 5.91 Å². The van der Waals surface area contributed by atoms with E-state index in [-0.39, 0.29) is 0 Å². The van der Waals surface area contributed by atoms with E-state index in [1.807, 2.05) is 4.90 Å². The monoisotopic (exact) mass is 320 g/mol. The topological polar surface area (TPSA) is 56.9 Å². The van der Waals surface area contributed by atoms with Crippen LogP contribution < -0.4 is 0 Å². The van der Waals surface area contributed by atoms with Crippen LogP contribution in [0.5, 0.6) is 0 Å². The second-order valence-electron chi connectivity index (χ2n) is 6.92. The first-order valence-electron chi connectivity index (χ1n) is 8.94. The molecule has 23 heavy (non-hydrogen) atoms. The highest BCUT2D eigenvalue weighted by Crippen LogP contribution is 2.27. The molecule has 0 spiro atoms. The molecule has 2 aliphatic rings. The van der Waals surface area contributed by atoms with Gasteiger partial charge >= 0.3 is 0 Å². The maximum Gasteiger partial charge on any atom is 0.222 e. The molecule has 1 amide bonds. The first-order valence-corrected chi connectivity index (χ1v) is 8.94. The lowest BCUT2D eigenvalue weighted by atomic mass is 9.86. The number of hydrogen-bond acceptors (Lipinski definition) is 4. The third-order valence-electron chi connectivity index (χ3n) is 5.22. The number of aliphatic hydroxyl groups is 1. The van der Waals surface area contributed by atoms with Gasteiger partial charge in [0, 0.05) is 39.1 Å². The first-order chi connectivity index (χ1) is 11.2. The van der Waals surface area contributed by atoms with Crippen molar-refractivity contribution >= 4 is 5.91 Å². The molecule has 1 saturated heterocycles. The van der Waals surface area contributed by atoms with Crippen LogP contribution in [0.25, 0.3) is 0 Å². The normalized spacial score (nSPS) is 22.2. The molecule has 2 fully saturated rings. The van der Waals surface area contributed by atoms with Gasteiger partial charge in [-0.25, -0.2) is 0 Å². The summed E-state index contributed by atoms with van der Waals surface area (Å²) in [6, 6.07) is 3.59. The van der Waals surface area contributed by atoms with E-state index in [1.54, 1.807) is 18.4 Å². The molecular formula is C18H28N2O3. The molecule has 3 rings (SSSR count). The molecule has 5 nitrogen and oxygen atoms in total. The van der Waals surface area contributed by atoms with Crippen molar-refractivity contribution in [1.29, 1.82) is 0 Å². The SMILES string of the molecule is O=C(CC1CCCCC1)N1CCN(C[C@@H](O)c2ccco2)CC1. The van der Waals surface area contributed by atoms with Crippen molar-refractivity contribution in [2.45, 2.75) is 44.6 Å². The predicted molar refractivity (Wildman–Crippen MR) is 87.9 cm³/mol. The first kappa shape index (κ1) is 16.5. The van der Waals surface area contributed by atoms with Gasteiger partial charge in [0.05, 0.1) is 6.26 Å². The third-order valence-corrected chi connectivity index (χ3v) is 5.22. The maximum absolute atomic E-state index is 12.4. The van der Waals surface area contributed by atoms with Gasteiger partial charge in [-0.3, -0.25) is 9.69 Å². The Kier molecular flexibility index (Phi) is 5.73. The van der Waals surface area contributed by atoms with Gasteiger partial charge in [-0.2, -0.15) is 0 Å². The lowest BCUT2D eigenvalue weighted by molar-refractivity contribution is -0.134. The third kappa shape index (κ3) is 4.58. The van der Waals surface area contributed by atoms with E-state index < -0.39 is 6.10 Å². The summed E-state index contributed by atoms with van der Waals surface area (Å²) < 4.78 is 5.24. The smallest absolute Gasteiger partial charge is 0.222 e. The minimum absolute atomic E-state index is 0.322. The van der Waals surface area contributed by atoms with Crippen LogP contribution in [0.4, 0.5) is 0 Å². The van der Waals surface area contributed by atoms with E-state index in [0.717, 1.165) is 32.6 Å². The Bertz CT molecular complexity index is 474. The Hall–Kier alpha value is -1.33. The highest BCUT2D eigenvalue weighted by Gasteiger charge is 2.25. The molecule has 1 aliphatic carbocycles. The highest BCUT2D eigenvalue weighted by atomic mass is 16.4. The number of hydrogen-bond donors (Lipinski definition) is 1. The second kappa shape index (κ2) is 7.97. The zero-order chi connectivity index (χ0) is 16.1. The molecule has 0 bridgehead atoms. The maximum atomic E-state index is 12.4. The van der Waals surface area contributed by atoms with Gasteiger partial charge in [-0.1, -0.05) is 19.3 Å². The fraction of sp³-hybridized carbons (Fsp3) is 0.722. The van der Waals surface area contributed by atoms with E-state index in [9.17, 15) is 9.90 Å². The lowest BCUT2D eigenvalue weighted by Gasteiger charge is -2.36. The Balaban J connectivity index is 1.40. The van der Waals surface area contributed by atoms with Gasteiger partial charge < -0.3 is 14.4 Å². The summed E-state index contributed by atoms with van der Waals surface area (Å²) in [5.41, 5.74) is 0. The Labute approximate surface area is 138 Å². The number of nitrogens with zero attached hydrogens (tertiary/aromatic N) is 2. The van der Waals surface area contributed by atoms with E-state index in [0.29, 0.717) is 24.1 Å². The summed E-state index contributed by atoms with van der Waals surface area (Å²) in [5, 5.41) is 10.1. The molecule has 0 unspecified atom stereocenters. The van der Waals surface area contributed by atoms with Crippen LogP contribution in [0.2, 0.25) is 0 Å². The van der Waals surface area contributed by atoms with E-state index in [1.165, 1.54) is 32.1 Å². The van der Waals surface area contributed by atoms with Gasteiger partial charge in [-0.15, -0.1) is 0 Å². The Morgan fingerprint density at radius 2 is 1.96 bits per heavy atom. The second-order valence-corrected chi connectivity index (χ2v) is 6.92. The zero-order valence-electron chi connectivity index (χ0n) is 13.8. The van der Waals surface area contributed by atoms with Crippen LogP contribution in [0, 0.1) is 5.92 Å². The van der Waals surface area contributed by atoms with Gasteiger partial charge in [0.25, 0.3) is 0 Å². The average molecular weight is 320 g/mol. The summed E-state index contributed by atoms with van der Waals surface area (Å²) in [5.74, 6) is 1.54. The summed E-state index contributed by atoms with van der Waals surface area (Å²) in [6.45, 7) is 3.77. The molecule has 1 aromatic heterocycles. The zero-order valence-corrected chi connectivity index (χ0v) is 13.8. The van der Waals surface area contributed by atoms with Crippen LogP contribution in [-0.4, -0.2) is 53.5 Å². The van der Waals surface area contributed by atoms with Crippen molar-refractivity contribution in [1.82, 2.24) is 9.80 Å². The van der Waals surface area contributed by atoms with E-state index in [4.69, 9.17) is 4.42 Å². The van der Waals surface area contributed by atoms with Crippen molar-refractivity contribution in [3.8, 4) is 0 Å². The minimum Gasteiger partial charge on any atom is -0.467 e. The molecule has 1 N–H and O–H groups in total. The molecule has 1 atom stereocenters. The van der Waals surface area contributed by atoms with E-state index in [2.05, 4.69) is 4.90 Å². The molecule has 5 heteroatoms. The summed E-state index contributed by atoms with van der Waals surface area (Å²) in [7, 11) is 0. The van der Waals surface area contributed by atoms with Crippen LogP contribution in [0.1, 0.15) is 50.4 Å². The standard InChI is InChI=1S/C18H28N2O3/c21-16(17-7-4-12-23-17)14-19-8-10-20(11-9-19)18(22)13-15-5-2-1-3-6-15/h4,7,12,15-16,21H,1-3,5-6,8-11,13-14H2/t16-/m1/s1. The van der Waals surface area contributed by atoms with Crippen molar-refractivity contribution in [3.05, 3.63) is 24.2 Å². The molecule has 1 aromatic rings. The number of aliphatic hydroxyl groups excluding tert-OH is 1. The van der Waals surface area contributed by atoms with Crippen molar-refractivity contribution in [2.75, 3.05) is 32.7 Å². The largest absolute Gasteiger partial charge is 0.467 e. The minimum atomic E-state index is -0.588. The lowest BCUT2D eigenvalue weighted by Crippen LogP contribution is -2.49. The predicted octanol–water partition coefficient (Wildman–Crippen LogP) is 2.43. The molecule has 1 aliphatic heterocycles. The fourth-order valence-corrected chi connectivity index (χ4v) is 3.76. The van der Waals surface area contributed by atoms with Gasteiger partial charge in [0.15, 0.2) is 0 Å². The Morgan fingerprint density at radius 1 is 1.22 bits per heavy atom. The van der Waals surface area contributed by atoms with Crippen LogP contribution >= 0.6 is 0 Å². The van der Waals surface area contributed by atoms with E-state index >= 15 is 0 Å². The van der Waals surface area contributed by atoms with Crippen LogP contribution in [0.15, 0.2) is 22.8 Å². The summed E-state index contributed by atoms with van der Waals surface area (Å²) >= 11 is 0. The van der Waals surface area contributed by atoms with Crippen molar-refractivity contribution in [2.24, 2.45) is 5.92 Å². The molecule has 2 heterocycles. The number of amides is 1. The number of rotatable bonds is 5. The summed E-state index contributed by atoms with van der Waals surface area (Å²) in [4.78, 5) is 16.6. The van der Waals surface area contributed by atoms with Crippen LogP contribution in [-0.2, 0) is 4.79 Å². The van der Waals surface area contributed by atoms with Crippen LogP contribution in [0.3, 0.4) is 0 Å². The number of carbonyl (C=O) groups excluding carboxylic acids is 1. The van der Waals surface area contributed by atoms with Gasteiger partial charge in [-0.05, 0) is 30.9 Å². The molecule has 128 valence electrons. The molecule has 1 saturated carbocycles. The molecule has 0 radical (unpaired) electrons. The number of carbonyl (C=O) groups is 1. The van der Waals surface area contributed by atoms with Crippen molar-refractivity contribution < 1.29 is 14.3 Å². The average Bonchev–Trinajstić information content (AvgIpc) is 3.11. The van der Waals surface area contributed by atoms with Gasteiger partial charge in [0.1, 0.15) is 11.9 Å². The Morgan fingerprint density at radius 3 is 2.61 bits per heavy atom.